The normalized spacial score (nSPS) is 24.0. The lowest BCUT2D eigenvalue weighted by Crippen LogP contribution is -2.49. The van der Waals surface area contributed by atoms with Crippen molar-refractivity contribution < 1.29 is 13.2 Å². The molecule has 2 heterocycles. The van der Waals surface area contributed by atoms with Crippen molar-refractivity contribution in [2.75, 3.05) is 45.9 Å². The van der Waals surface area contributed by atoms with Crippen LogP contribution in [0.3, 0.4) is 0 Å². The van der Waals surface area contributed by atoms with E-state index in [4.69, 9.17) is 4.74 Å². The Morgan fingerprint density at radius 1 is 1.26 bits per heavy atom. The molecule has 2 aliphatic rings. The summed E-state index contributed by atoms with van der Waals surface area (Å²) in [4.78, 5) is 2.73. The molecule has 2 aliphatic heterocycles. The van der Waals surface area contributed by atoms with Crippen molar-refractivity contribution in [1.29, 1.82) is 0 Å². The van der Waals surface area contributed by atoms with Crippen molar-refractivity contribution in [3.05, 3.63) is 24.3 Å². The van der Waals surface area contributed by atoms with Gasteiger partial charge in [0.15, 0.2) is 0 Å². The fraction of sp³-hybridized carbons (Fsp3) is 0.625. The van der Waals surface area contributed by atoms with Gasteiger partial charge in [0, 0.05) is 51.4 Å². The van der Waals surface area contributed by atoms with Crippen LogP contribution in [0.15, 0.2) is 29.2 Å². The first kappa shape index (κ1) is 16.7. The van der Waals surface area contributed by atoms with E-state index in [1.807, 2.05) is 6.92 Å². The molecule has 0 spiro atoms. The largest absolute Gasteiger partial charge is 0.494 e. The van der Waals surface area contributed by atoms with Crippen LogP contribution in [0, 0.1) is 0 Å². The Hall–Kier alpha value is -1.15. The molecule has 1 unspecified atom stereocenters. The molecule has 2 saturated heterocycles. The number of sulfonamides is 1. The second-order valence-corrected chi connectivity index (χ2v) is 7.94. The molecule has 0 aromatic heterocycles. The maximum Gasteiger partial charge on any atom is 0.243 e. The van der Waals surface area contributed by atoms with E-state index in [-0.39, 0.29) is 0 Å². The summed E-state index contributed by atoms with van der Waals surface area (Å²) < 4.78 is 32.8. The van der Waals surface area contributed by atoms with Gasteiger partial charge in [-0.05, 0) is 25.5 Å². The third-order valence-electron chi connectivity index (χ3n) is 4.55. The van der Waals surface area contributed by atoms with Crippen molar-refractivity contribution in [2.45, 2.75) is 24.3 Å². The van der Waals surface area contributed by atoms with Crippen LogP contribution in [0.5, 0.6) is 5.75 Å². The van der Waals surface area contributed by atoms with E-state index in [9.17, 15) is 8.42 Å². The molecule has 0 amide bonds. The Morgan fingerprint density at radius 2 is 2.04 bits per heavy atom. The molecule has 128 valence electrons. The highest BCUT2D eigenvalue weighted by Crippen LogP contribution is 2.26. The first-order valence-corrected chi connectivity index (χ1v) is 9.73. The number of benzene rings is 1. The fourth-order valence-corrected chi connectivity index (χ4v) is 4.84. The topological polar surface area (TPSA) is 61.9 Å². The number of ether oxygens (including phenoxy) is 1. The van der Waals surface area contributed by atoms with E-state index in [1.165, 1.54) is 0 Å². The zero-order chi connectivity index (χ0) is 16.3. The highest BCUT2D eigenvalue weighted by molar-refractivity contribution is 7.89. The predicted octanol–water partition coefficient (Wildman–Crippen LogP) is 0.754. The van der Waals surface area contributed by atoms with Crippen molar-refractivity contribution in [2.24, 2.45) is 0 Å². The van der Waals surface area contributed by atoms with Crippen LogP contribution in [-0.4, -0.2) is 69.5 Å². The number of nitrogens with zero attached hydrogens (tertiary/aromatic N) is 2. The highest BCUT2D eigenvalue weighted by Gasteiger charge is 2.35. The first-order chi connectivity index (χ1) is 11.1. The van der Waals surface area contributed by atoms with E-state index >= 15 is 0 Å². The predicted molar refractivity (Wildman–Crippen MR) is 89.2 cm³/mol. The summed E-state index contributed by atoms with van der Waals surface area (Å²) in [7, 11) is -3.44. The van der Waals surface area contributed by atoms with Gasteiger partial charge in [0.2, 0.25) is 10.0 Å². The number of piperazine rings is 1. The summed E-state index contributed by atoms with van der Waals surface area (Å²) in [5.74, 6) is 0.603. The van der Waals surface area contributed by atoms with Gasteiger partial charge in [0.25, 0.3) is 0 Å². The molecule has 1 N–H and O–H groups in total. The quantitative estimate of drug-likeness (QED) is 0.858. The second-order valence-electron chi connectivity index (χ2n) is 6.00. The molecule has 1 aromatic carbocycles. The van der Waals surface area contributed by atoms with Gasteiger partial charge in [-0.15, -0.1) is 0 Å². The third kappa shape index (κ3) is 3.68. The smallest absolute Gasteiger partial charge is 0.243 e. The number of hydrogen-bond donors (Lipinski definition) is 1. The lowest BCUT2D eigenvalue weighted by Gasteiger charge is -2.32. The third-order valence-corrected chi connectivity index (χ3v) is 6.41. The van der Waals surface area contributed by atoms with Crippen LogP contribution in [-0.2, 0) is 10.0 Å². The lowest BCUT2D eigenvalue weighted by molar-refractivity contribution is 0.179. The molecule has 1 atom stereocenters. The molecule has 0 radical (unpaired) electrons. The maximum absolute atomic E-state index is 12.9. The molecule has 6 nitrogen and oxygen atoms in total. The van der Waals surface area contributed by atoms with Gasteiger partial charge in [0.1, 0.15) is 5.75 Å². The molecule has 0 bridgehead atoms. The molecule has 1 aromatic rings. The molecule has 23 heavy (non-hydrogen) atoms. The van der Waals surface area contributed by atoms with Crippen molar-refractivity contribution >= 4 is 10.0 Å². The highest BCUT2D eigenvalue weighted by atomic mass is 32.2. The molecule has 3 rings (SSSR count). The Balaban J connectivity index is 1.71. The minimum absolute atomic E-state index is 0.324. The average molecular weight is 339 g/mol. The van der Waals surface area contributed by atoms with Crippen LogP contribution in [0.4, 0.5) is 0 Å². The molecule has 0 saturated carbocycles. The summed E-state index contributed by atoms with van der Waals surface area (Å²) in [6.07, 6.45) is 0.907. The molecule has 2 fully saturated rings. The van der Waals surface area contributed by atoms with Gasteiger partial charge in [-0.1, -0.05) is 6.07 Å². The maximum atomic E-state index is 12.9. The summed E-state index contributed by atoms with van der Waals surface area (Å²) in [5, 5.41) is 3.34. The molecular weight excluding hydrogens is 314 g/mol. The Bertz CT molecular complexity index is 629. The fourth-order valence-electron chi connectivity index (χ4n) is 3.31. The molecule has 0 aliphatic carbocycles. The van der Waals surface area contributed by atoms with Gasteiger partial charge >= 0.3 is 0 Å². The van der Waals surface area contributed by atoms with E-state index in [0.29, 0.717) is 36.4 Å². The minimum Gasteiger partial charge on any atom is -0.494 e. The van der Waals surface area contributed by atoms with E-state index < -0.39 is 10.0 Å². The van der Waals surface area contributed by atoms with E-state index in [1.54, 1.807) is 28.6 Å². The van der Waals surface area contributed by atoms with Gasteiger partial charge in [-0.2, -0.15) is 4.31 Å². The minimum atomic E-state index is -3.44. The van der Waals surface area contributed by atoms with Crippen LogP contribution < -0.4 is 10.1 Å². The van der Waals surface area contributed by atoms with Gasteiger partial charge in [-0.3, -0.25) is 4.90 Å². The van der Waals surface area contributed by atoms with E-state index in [2.05, 4.69) is 10.2 Å². The SMILES string of the molecule is CCOc1cccc(S(=O)(=O)N2CCC(N3CCNCC3)C2)c1. The number of rotatable bonds is 5. The van der Waals surface area contributed by atoms with Crippen LogP contribution >= 0.6 is 0 Å². The number of nitrogens with one attached hydrogen (secondary N) is 1. The van der Waals surface area contributed by atoms with E-state index in [0.717, 1.165) is 32.6 Å². The van der Waals surface area contributed by atoms with Crippen molar-refractivity contribution in [3.8, 4) is 5.75 Å². The lowest BCUT2D eigenvalue weighted by atomic mass is 10.2. The molecule has 7 heteroatoms. The average Bonchev–Trinajstić information content (AvgIpc) is 3.07. The van der Waals surface area contributed by atoms with Gasteiger partial charge < -0.3 is 10.1 Å². The second kappa shape index (κ2) is 7.17. The Morgan fingerprint density at radius 3 is 2.78 bits per heavy atom. The van der Waals surface area contributed by atoms with Crippen LogP contribution in [0.25, 0.3) is 0 Å². The summed E-state index contributed by atoms with van der Waals surface area (Å²) in [6, 6.07) is 7.13. The van der Waals surface area contributed by atoms with Crippen molar-refractivity contribution in [3.63, 3.8) is 0 Å². The van der Waals surface area contributed by atoms with Gasteiger partial charge in [-0.25, -0.2) is 8.42 Å². The van der Waals surface area contributed by atoms with Crippen LogP contribution in [0.2, 0.25) is 0 Å². The Labute approximate surface area is 138 Å². The zero-order valence-electron chi connectivity index (χ0n) is 13.6. The summed E-state index contributed by atoms with van der Waals surface area (Å²) >= 11 is 0. The monoisotopic (exact) mass is 339 g/mol. The first-order valence-electron chi connectivity index (χ1n) is 8.29. The van der Waals surface area contributed by atoms with Crippen LogP contribution in [0.1, 0.15) is 13.3 Å². The summed E-state index contributed by atoms with van der Waals surface area (Å²) in [6.45, 7) is 7.56. The zero-order valence-corrected chi connectivity index (χ0v) is 14.4. The number of hydrogen-bond acceptors (Lipinski definition) is 5. The molecular formula is C16H25N3O3S. The van der Waals surface area contributed by atoms with Gasteiger partial charge in [0.05, 0.1) is 11.5 Å². The standard InChI is InChI=1S/C16H25N3O3S/c1-2-22-15-4-3-5-16(12-15)23(20,21)19-9-6-14(13-19)18-10-7-17-8-11-18/h3-5,12,14,17H,2,6-11,13H2,1H3. The Kier molecular flexibility index (Phi) is 5.21. The summed E-state index contributed by atoms with van der Waals surface area (Å²) in [5.41, 5.74) is 0. The van der Waals surface area contributed by atoms with Crippen molar-refractivity contribution in [1.82, 2.24) is 14.5 Å².